The Morgan fingerprint density at radius 3 is 2.21 bits per heavy atom. The van der Waals surface area contributed by atoms with Gasteiger partial charge in [0, 0.05) is 12.2 Å². The van der Waals surface area contributed by atoms with Crippen LogP contribution in [0.3, 0.4) is 0 Å². The van der Waals surface area contributed by atoms with Gasteiger partial charge >= 0.3 is 6.09 Å². The molecular weight excluding hydrogens is 366 g/mol. The van der Waals surface area contributed by atoms with E-state index in [1.165, 1.54) is 11.1 Å². The number of carbonyl (C=O) groups excluding carboxylic acids is 2. The third kappa shape index (κ3) is 7.69. The topological polar surface area (TPSA) is 70.7 Å². The molecule has 1 aromatic rings. The van der Waals surface area contributed by atoms with Gasteiger partial charge in [0.25, 0.3) is 0 Å². The van der Waals surface area contributed by atoms with E-state index in [4.69, 9.17) is 4.74 Å². The monoisotopic (exact) mass is 403 g/mol. The molecule has 1 heterocycles. The van der Waals surface area contributed by atoms with Crippen molar-refractivity contribution in [2.45, 2.75) is 65.9 Å². The zero-order valence-electron chi connectivity index (χ0n) is 18.6. The Labute approximate surface area is 175 Å². The summed E-state index contributed by atoms with van der Waals surface area (Å²) in [4.78, 5) is 26.6. The Kier molecular flexibility index (Phi) is 8.50. The van der Waals surface area contributed by atoms with Gasteiger partial charge in [0.1, 0.15) is 5.60 Å². The van der Waals surface area contributed by atoms with E-state index in [1.807, 2.05) is 20.8 Å². The van der Waals surface area contributed by atoms with Crippen molar-refractivity contribution in [3.05, 3.63) is 29.3 Å². The zero-order chi connectivity index (χ0) is 21.4. The highest BCUT2D eigenvalue weighted by molar-refractivity contribution is 5.93. The third-order valence-corrected chi connectivity index (χ3v) is 5.27. The van der Waals surface area contributed by atoms with Crippen LogP contribution in [0.15, 0.2) is 18.2 Å². The number of hydrogen-bond donors (Lipinski definition) is 2. The number of likely N-dealkylation sites (tertiary alicyclic amines) is 1. The summed E-state index contributed by atoms with van der Waals surface area (Å²) in [6, 6.07) is 6.22. The first kappa shape index (κ1) is 23.2. The molecule has 1 fully saturated rings. The highest BCUT2D eigenvalue weighted by atomic mass is 16.6. The van der Waals surface area contributed by atoms with E-state index in [0.717, 1.165) is 44.5 Å². The lowest BCUT2D eigenvalue weighted by Crippen LogP contribution is -2.42. The molecule has 0 unspecified atom stereocenters. The molecule has 0 aromatic heterocycles. The smallest absolute Gasteiger partial charge is 0.407 e. The minimum Gasteiger partial charge on any atom is -0.444 e. The largest absolute Gasteiger partial charge is 0.444 e. The van der Waals surface area contributed by atoms with Crippen molar-refractivity contribution in [2.24, 2.45) is 5.92 Å². The maximum Gasteiger partial charge on any atom is 0.407 e. The summed E-state index contributed by atoms with van der Waals surface area (Å²) in [5, 5.41) is 6.01. The molecule has 6 heteroatoms. The lowest BCUT2D eigenvalue weighted by molar-refractivity contribution is -0.117. The van der Waals surface area contributed by atoms with Gasteiger partial charge < -0.3 is 15.4 Å². The Morgan fingerprint density at radius 2 is 1.69 bits per heavy atom. The van der Waals surface area contributed by atoms with Crippen LogP contribution in [0.2, 0.25) is 0 Å². The van der Waals surface area contributed by atoms with E-state index in [9.17, 15) is 9.59 Å². The minimum absolute atomic E-state index is 0.0472. The number of nitrogens with zero attached hydrogens (tertiary/aromatic N) is 1. The minimum atomic E-state index is -0.477. The van der Waals surface area contributed by atoms with Gasteiger partial charge in [-0.05, 0) is 76.6 Å². The van der Waals surface area contributed by atoms with E-state index in [2.05, 4.69) is 47.6 Å². The van der Waals surface area contributed by atoms with Crippen molar-refractivity contribution in [3.63, 3.8) is 0 Å². The number of piperidine rings is 1. The van der Waals surface area contributed by atoms with Gasteiger partial charge in [-0.15, -0.1) is 0 Å². The fourth-order valence-electron chi connectivity index (χ4n) is 3.68. The number of rotatable bonds is 7. The van der Waals surface area contributed by atoms with Crippen molar-refractivity contribution < 1.29 is 14.3 Å². The molecule has 0 saturated carbocycles. The summed E-state index contributed by atoms with van der Waals surface area (Å²) in [7, 11) is 0. The van der Waals surface area contributed by atoms with Crippen LogP contribution in [-0.4, -0.2) is 48.7 Å². The number of benzene rings is 1. The van der Waals surface area contributed by atoms with Crippen molar-refractivity contribution in [1.82, 2.24) is 10.2 Å². The molecule has 29 heavy (non-hydrogen) atoms. The molecule has 1 aliphatic heterocycles. The number of nitrogens with one attached hydrogen (secondary N) is 2. The molecule has 0 aliphatic carbocycles. The number of anilines is 1. The van der Waals surface area contributed by atoms with Crippen LogP contribution in [0, 0.1) is 5.92 Å². The number of para-hydroxylation sites is 1. The first-order chi connectivity index (χ1) is 13.7. The summed E-state index contributed by atoms with van der Waals surface area (Å²) in [5.74, 6) is 0.472. The molecule has 2 rings (SSSR count). The second-order valence-corrected chi connectivity index (χ2v) is 8.81. The van der Waals surface area contributed by atoms with Gasteiger partial charge in [-0.25, -0.2) is 4.79 Å². The van der Waals surface area contributed by atoms with Gasteiger partial charge in [-0.3, -0.25) is 9.69 Å². The van der Waals surface area contributed by atoms with Gasteiger partial charge in [-0.1, -0.05) is 32.0 Å². The van der Waals surface area contributed by atoms with E-state index >= 15 is 0 Å². The van der Waals surface area contributed by atoms with Crippen LogP contribution in [-0.2, 0) is 22.4 Å². The van der Waals surface area contributed by atoms with E-state index in [1.54, 1.807) is 0 Å². The van der Waals surface area contributed by atoms with Gasteiger partial charge in [0.15, 0.2) is 0 Å². The highest BCUT2D eigenvalue weighted by Crippen LogP contribution is 2.23. The molecule has 2 N–H and O–H groups in total. The SMILES string of the molecule is CCc1cccc(CC)c1NC(=O)CN1CCC(CNC(=O)OC(C)(C)C)CC1. The van der Waals surface area contributed by atoms with Crippen molar-refractivity contribution in [2.75, 3.05) is 31.5 Å². The predicted molar refractivity (Wildman–Crippen MR) is 117 cm³/mol. The molecule has 2 amide bonds. The molecule has 1 aromatic carbocycles. The first-order valence-corrected chi connectivity index (χ1v) is 10.8. The van der Waals surface area contributed by atoms with Gasteiger partial charge in [-0.2, -0.15) is 0 Å². The average Bonchev–Trinajstić information content (AvgIpc) is 2.66. The lowest BCUT2D eigenvalue weighted by Gasteiger charge is -2.31. The molecule has 0 atom stereocenters. The Hall–Kier alpha value is -2.08. The van der Waals surface area contributed by atoms with Crippen LogP contribution >= 0.6 is 0 Å². The average molecular weight is 404 g/mol. The fraction of sp³-hybridized carbons (Fsp3) is 0.652. The normalized spacial score (nSPS) is 15.8. The lowest BCUT2D eigenvalue weighted by atomic mass is 9.97. The molecule has 0 radical (unpaired) electrons. The van der Waals surface area contributed by atoms with E-state index in [-0.39, 0.29) is 12.0 Å². The molecule has 6 nitrogen and oxygen atoms in total. The van der Waals surface area contributed by atoms with Crippen molar-refractivity contribution in [1.29, 1.82) is 0 Å². The molecule has 1 saturated heterocycles. The van der Waals surface area contributed by atoms with Gasteiger partial charge in [0.2, 0.25) is 5.91 Å². The van der Waals surface area contributed by atoms with Crippen LogP contribution in [0.5, 0.6) is 0 Å². The Balaban J connectivity index is 1.77. The molecule has 162 valence electrons. The van der Waals surface area contributed by atoms with Crippen molar-refractivity contribution in [3.8, 4) is 0 Å². The third-order valence-electron chi connectivity index (χ3n) is 5.27. The van der Waals surface area contributed by atoms with Crippen molar-refractivity contribution >= 4 is 17.7 Å². The Bertz CT molecular complexity index is 667. The second kappa shape index (κ2) is 10.6. The molecule has 1 aliphatic rings. The molecular formula is C23H37N3O3. The van der Waals surface area contributed by atoms with Crippen LogP contribution in [0.4, 0.5) is 10.5 Å². The molecule has 0 bridgehead atoms. The summed E-state index contributed by atoms with van der Waals surface area (Å²) >= 11 is 0. The quantitative estimate of drug-likeness (QED) is 0.722. The standard InChI is InChI=1S/C23H37N3O3/c1-6-18-9-8-10-19(7-2)21(18)25-20(27)16-26-13-11-17(12-14-26)15-24-22(28)29-23(3,4)5/h8-10,17H,6-7,11-16H2,1-5H3,(H,24,28)(H,25,27). The summed E-state index contributed by atoms with van der Waals surface area (Å²) in [6.07, 6.45) is 3.38. The van der Waals surface area contributed by atoms with E-state index < -0.39 is 5.60 Å². The first-order valence-electron chi connectivity index (χ1n) is 10.8. The molecule has 0 spiro atoms. The number of aryl methyl sites for hydroxylation is 2. The van der Waals surface area contributed by atoms with Crippen LogP contribution in [0.25, 0.3) is 0 Å². The second-order valence-electron chi connectivity index (χ2n) is 8.81. The zero-order valence-corrected chi connectivity index (χ0v) is 18.6. The summed E-state index contributed by atoms with van der Waals surface area (Å²) in [5.41, 5.74) is 2.88. The Morgan fingerprint density at radius 1 is 1.10 bits per heavy atom. The van der Waals surface area contributed by atoms with Gasteiger partial charge in [0.05, 0.1) is 6.54 Å². The van der Waals surface area contributed by atoms with Crippen LogP contribution < -0.4 is 10.6 Å². The highest BCUT2D eigenvalue weighted by Gasteiger charge is 2.23. The van der Waals surface area contributed by atoms with Crippen LogP contribution in [0.1, 0.15) is 58.6 Å². The maximum atomic E-state index is 12.6. The van der Waals surface area contributed by atoms with E-state index in [0.29, 0.717) is 19.0 Å². The maximum absolute atomic E-state index is 12.6. The number of hydrogen-bond acceptors (Lipinski definition) is 4. The summed E-state index contributed by atoms with van der Waals surface area (Å²) < 4.78 is 5.28. The summed E-state index contributed by atoms with van der Waals surface area (Å²) in [6.45, 7) is 12.6. The number of alkyl carbamates (subject to hydrolysis) is 1. The number of carbonyl (C=O) groups is 2. The fourth-order valence-corrected chi connectivity index (χ4v) is 3.68. The predicted octanol–water partition coefficient (Wildman–Crippen LogP) is 3.99. The number of amides is 2. The number of ether oxygens (including phenoxy) is 1.